The van der Waals surface area contributed by atoms with E-state index in [2.05, 4.69) is 25.5 Å². The number of rotatable bonds is 3. The first-order chi connectivity index (χ1) is 13.1. The van der Waals surface area contributed by atoms with Crippen LogP contribution in [0.3, 0.4) is 0 Å². The van der Waals surface area contributed by atoms with E-state index in [4.69, 9.17) is 5.73 Å². The normalized spacial score (nSPS) is 17.3. The lowest BCUT2D eigenvalue weighted by atomic mass is 10.2. The minimum atomic E-state index is -0.327. The topological polar surface area (TPSA) is 119 Å². The van der Waals surface area contributed by atoms with Gasteiger partial charge >= 0.3 is 0 Å². The Morgan fingerprint density at radius 3 is 2.89 bits per heavy atom. The molecule has 3 N–H and O–H groups in total. The van der Waals surface area contributed by atoms with Gasteiger partial charge in [0.25, 0.3) is 0 Å². The van der Waals surface area contributed by atoms with Crippen LogP contribution in [0.25, 0.3) is 22.4 Å². The van der Waals surface area contributed by atoms with E-state index < -0.39 is 0 Å². The first kappa shape index (κ1) is 15.6. The van der Waals surface area contributed by atoms with Crippen molar-refractivity contribution in [2.24, 2.45) is 0 Å². The Labute approximate surface area is 153 Å². The molecule has 0 radical (unpaired) electrons. The Morgan fingerprint density at radius 1 is 1.19 bits per heavy atom. The van der Waals surface area contributed by atoms with Crippen LogP contribution >= 0.6 is 0 Å². The molecule has 0 bridgehead atoms. The van der Waals surface area contributed by atoms with Gasteiger partial charge in [0.15, 0.2) is 11.5 Å². The van der Waals surface area contributed by atoms with Crippen LogP contribution in [0.1, 0.15) is 6.42 Å². The molecule has 1 atom stereocenters. The maximum atomic E-state index is 12.1. The fourth-order valence-corrected chi connectivity index (χ4v) is 3.39. The number of hydrogen-bond donors (Lipinski definition) is 2. The molecule has 1 saturated heterocycles. The van der Waals surface area contributed by atoms with Crippen molar-refractivity contribution in [2.45, 2.75) is 12.5 Å². The first-order valence-electron chi connectivity index (χ1n) is 8.57. The fourth-order valence-electron chi connectivity index (χ4n) is 3.39. The Morgan fingerprint density at radius 2 is 2.07 bits per heavy atom. The van der Waals surface area contributed by atoms with Gasteiger partial charge in [-0.1, -0.05) is 0 Å². The summed E-state index contributed by atoms with van der Waals surface area (Å²) in [6, 6.07) is 5.34. The maximum absolute atomic E-state index is 12.1. The third-order valence-corrected chi connectivity index (χ3v) is 4.80. The van der Waals surface area contributed by atoms with E-state index >= 15 is 0 Å². The molecule has 10 heteroatoms. The van der Waals surface area contributed by atoms with E-state index in [1.807, 2.05) is 18.2 Å². The lowest BCUT2D eigenvalue weighted by Crippen LogP contribution is -2.31. The van der Waals surface area contributed by atoms with Gasteiger partial charge in [-0.15, -0.1) is 5.10 Å². The van der Waals surface area contributed by atoms with Crippen molar-refractivity contribution in [1.82, 2.24) is 34.1 Å². The van der Waals surface area contributed by atoms with Crippen molar-refractivity contribution in [3.8, 4) is 11.3 Å². The van der Waals surface area contributed by atoms with Crippen molar-refractivity contribution < 1.29 is 4.79 Å². The number of fused-ring (bicyclic) bond motifs is 2. The van der Waals surface area contributed by atoms with Crippen LogP contribution < -0.4 is 11.1 Å². The van der Waals surface area contributed by atoms with E-state index in [0.29, 0.717) is 30.2 Å². The largest absolute Gasteiger partial charge is 0.382 e. The predicted molar refractivity (Wildman–Crippen MR) is 99.0 cm³/mol. The molecule has 0 aliphatic carbocycles. The van der Waals surface area contributed by atoms with E-state index in [-0.39, 0.29) is 11.9 Å². The average molecular weight is 363 g/mol. The van der Waals surface area contributed by atoms with E-state index in [0.717, 1.165) is 16.9 Å². The molecule has 4 aromatic heterocycles. The number of hydrogen-bond acceptors (Lipinski definition) is 7. The first-order valence-corrected chi connectivity index (χ1v) is 8.57. The maximum Gasteiger partial charge on any atom is 0.244 e. The molecule has 1 aliphatic heterocycles. The number of amides is 1. The van der Waals surface area contributed by atoms with Crippen LogP contribution in [0.5, 0.6) is 0 Å². The smallest absolute Gasteiger partial charge is 0.244 e. The molecule has 5 rings (SSSR count). The second kappa shape index (κ2) is 5.66. The highest BCUT2D eigenvalue weighted by molar-refractivity contribution is 5.88. The zero-order valence-corrected chi connectivity index (χ0v) is 14.6. The van der Waals surface area contributed by atoms with Crippen molar-refractivity contribution in [2.75, 3.05) is 24.6 Å². The summed E-state index contributed by atoms with van der Waals surface area (Å²) >= 11 is 0. The number of imidazole rings is 1. The molecule has 0 unspecified atom stereocenters. The molecule has 5 heterocycles. The quantitative estimate of drug-likeness (QED) is 0.549. The minimum absolute atomic E-state index is 0.0308. The molecule has 1 aliphatic rings. The number of carbonyl (C=O) groups excluding carboxylic acids is 1. The molecule has 0 aromatic carbocycles. The number of nitrogens with one attached hydrogen (secondary N) is 1. The second-order valence-electron chi connectivity index (χ2n) is 6.54. The van der Waals surface area contributed by atoms with Gasteiger partial charge in [-0.05, 0) is 24.6 Å². The van der Waals surface area contributed by atoms with Crippen LogP contribution in [0.4, 0.5) is 11.8 Å². The number of nitrogens with zero attached hydrogens (tertiary/aromatic N) is 7. The second-order valence-corrected chi connectivity index (χ2v) is 6.54. The molecule has 1 fully saturated rings. The predicted octanol–water partition coefficient (Wildman–Crippen LogP) is 0.664. The summed E-state index contributed by atoms with van der Waals surface area (Å²) in [4.78, 5) is 22.3. The van der Waals surface area contributed by atoms with E-state index in [1.54, 1.807) is 39.6 Å². The summed E-state index contributed by atoms with van der Waals surface area (Å²) in [6.45, 7) is 0.713. The van der Waals surface area contributed by atoms with Gasteiger partial charge in [0.2, 0.25) is 11.9 Å². The zero-order valence-electron chi connectivity index (χ0n) is 14.6. The van der Waals surface area contributed by atoms with Gasteiger partial charge < -0.3 is 16.0 Å². The van der Waals surface area contributed by atoms with Crippen LogP contribution in [-0.4, -0.2) is 59.6 Å². The summed E-state index contributed by atoms with van der Waals surface area (Å²) in [7, 11) is 1.78. The van der Waals surface area contributed by atoms with Crippen molar-refractivity contribution in [3.63, 3.8) is 0 Å². The molecular formula is C17H17N9O. The number of anilines is 2. The van der Waals surface area contributed by atoms with Crippen molar-refractivity contribution in [1.29, 1.82) is 0 Å². The number of carbonyl (C=O) groups is 1. The molecule has 4 aromatic rings. The highest BCUT2D eigenvalue weighted by atomic mass is 16.2. The summed E-state index contributed by atoms with van der Waals surface area (Å²) in [5.74, 6) is 0.677. The Balaban J connectivity index is 1.53. The number of aromatic nitrogens is 6. The molecular weight excluding hydrogens is 346 g/mol. The molecule has 1 amide bonds. The Kier molecular flexibility index (Phi) is 3.26. The van der Waals surface area contributed by atoms with Crippen LogP contribution in [0.15, 0.2) is 36.8 Å². The van der Waals surface area contributed by atoms with E-state index in [1.165, 1.54) is 0 Å². The van der Waals surface area contributed by atoms with Crippen LogP contribution in [0, 0.1) is 0 Å². The summed E-state index contributed by atoms with van der Waals surface area (Å²) in [5, 5.41) is 12.1. The van der Waals surface area contributed by atoms with Gasteiger partial charge in [-0.25, -0.2) is 14.0 Å². The minimum Gasteiger partial charge on any atom is -0.382 e. The highest BCUT2D eigenvalue weighted by Gasteiger charge is 2.29. The van der Waals surface area contributed by atoms with Crippen LogP contribution in [0.2, 0.25) is 0 Å². The number of likely N-dealkylation sites (tertiary alicyclic amines) is 1. The van der Waals surface area contributed by atoms with Crippen molar-refractivity contribution >= 4 is 28.8 Å². The van der Waals surface area contributed by atoms with Gasteiger partial charge in [0.05, 0.1) is 5.69 Å². The Hall–Kier alpha value is -3.69. The number of nitrogens with two attached hydrogens (primary N) is 1. The standard InChI is InChI=1S/C17H17N9O/c1-24-7-5-12(16(24)27)20-17-21-15(18)14-10(4-8-26(14)23-17)11-2-3-13-19-6-9-25(13)22-11/h2-4,6,8-9,12H,5,7H2,1H3,(H3,18,20,21,23)/t12-/m1/s1. The third kappa shape index (κ3) is 2.45. The monoisotopic (exact) mass is 363 g/mol. The number of likely N-dealkylation sites (N-methyl/N-ethyl adjacent to an activating group) is 1. The third-order valence-electron chi connectivity index (χ3n) is 4.80. The Bertz CT molecular complexity index is 1180. The number of nitrogen functional groups attached to an aromatic ring is 1. The van der Waals surface area contributed by atoms with Gasteiger partial charge in [0, 0.05) is 37.7 Å². The molecule has 0 spiro atoms. The lowest BCUT2D eigenvalue weighted by molar-refractivity contribution is -0.127. The lowest BCUT2D eigenvalue weighted by Gasteiger charge is -2.13. The van der Waals surface area contributed by atoms with Crippen molar-refractivity contribution in [3.05, 3.63) is 36.8 Å². The zero-order chi connectivity index (χ0) is 18.5. The van der Waals surface area contributed by atoms with E-state index in [9.17, 15) is 4.79 Å². The van der Waals surface area contributed by atoms with Gasteiger partial charge in [0.1, 0.15) is 11.6 Å². The van der Waals surface area contributed by atoms with Crippen LogP contribution in [-0.2, 0) is 4.79 Å². The summed E-state index contributed by atoms with van der Waals surface area (Å²) < 4.78 is 3.36. The van der Waals surface area contributed by atoms with Gasteiger partial charge in [-0.3, -0.25) is 4.79 Å². The summed E-state index contributed by atoms with van der Waals surface area (Å²) in [6.07, 6.45) is 5.99. The molecule has 0 saturated carbocycles. The SMILES string of the molecule is CN1CC[C@@H](Nc2nc(N)c3c(-c4ccc5nccn5n4)ccn3n2)C1=O. The molecule has 27 heavy (non-hydrogen) atoms. The fraction of sp³-hybridized carbons (Fsp3) is 0.235. The highest BCUT2D eigenvalue weighted by Crippen LogP contribution is 2.28. The molecule has 136 valence electrons. The average Bonchev–Trinajstić information content (AvgIpc) is 3.36. The van der Waals surface area contributed by atoms with Gasteiger partial charge in [-0.2, -0.15) is 10.1 Å². The summed E-state index contributed by atoms with van der Waals surface area (Å²) in [5.41, 5.74) is 9.22. The molecule has 10 nitrogen and oxygen atoms in total.